The molecule has 0 radical (unpaired) electrons. The van der Waals surface area contributed by atoms with Gasteiger partial charge in [-0.15, -0.1) is 0 Å². The molecule has 5 heteroatoms. The van der Waals surface area contributed by atoms with Gasteiger partial charge in [0, 0.05) is 5.70 Å². The van der Waals surface area contributed by atoms with Crippen LogP contribution in [0.4, 0.5) is 0 Å². The number of esters is 1. The van der Waals surface area contributed by atoms with Crippen LogP contribution in [0.1, 0.15) is 13.8 Å². The molecule has 0 fully saturated rings. The molecule has 0 saturated heterocycles. The predicted molar refractivity (Wildman–Crippen MR) is 54.1 cm³/mol. The molecule has 2 N–H and O–H groups in total. The van der Waals surface area contributed by atoms with E-state index in [0.717, 1.165) is 0 Å². The number of allylic oxidation sites excluding steroid dienone is 2. The van der Waals surface area contributed by atoms with Crippen LogP contribution in [0, 0.1) is 11.3 Å². The fourth-order valence-electron chi connectivity index (χ4n) is 1.52. The summed E-state index contributed by atoms with van der Waals surface area (Å²) in [6.45, 7) is 3.61. The highest BCUT2D eigenvalue weighted by atomic mass is 16.5. The Bertz CT molecular complexity index is 377. The van der Waals surface area contributed by atoms with E-state index in [1.807, 2.05) is 13.0 Å². The monoisotopic (exact) mass is 207 g/mol. The molecule has 0 saturated carbocycles. The number of hydrogen-bond acceptors (Lipinski definition) is 5. The number of nitriles is 1. The average molecular weight is 207 g/mol. The topological polar surface area (TPSA) is 74.1 Å². The van der Waals surface area contributed by atoms with Crippen molar-refractivity contribution in [2.24, 2.45) is 0 Å². The van der Waals surface area contributed by atoms with Crippen molar-refractivity contribution in [3.05, 3.63) is 23.2 Å². The van der Waals surface area contributed by atoms with Crippen LogP contribution in [-0.2, 0) is 9.53 Å². The Balaban J connectivity index is 3.00. The summed E-state index contributed by atoms with van der Waals surface area (Å²) in [7, 11) is 1.34. The molecular formula is C10H13N3O2. The first-order valence-electron chi connectivity index (χ1n) is 4.52. The van der Waals surface area contributed by atoms with Gasteiger partial charge in [-0.3, -0.25) is 0 Å². The van der Waals surface area contributed by atoms with Gasteiger partial charge in [0.25, 0.3) is 0 Å². The van der Waals surface area contributed by atoms with E-state index in [9.17, 15) is 4.79 Å². The minimum atomic E-state index is -0.365. The maximum atomic E-state index is 11.4. The molecule has 1 heterocycles. The van der Waals surface area contributed by atoms with Gasteiger partial charge in [-0.25, -0.2) is 4.79 Å². The largest absolute Gasteiger partial charge is 0.466 e. The quantitative estimate of drug-likeness (QED) is 0.480. The van der Waals surface area contributed by atoms with Gasteiger partial charge < -0.3 is 15.4 Å². The molecular weight excluding hydrogens is 194 g/mol. The van der Waals surface area contributed by atoms with E-state index in [4.69, 9.17) is 5.26 Å². The highest BCUT2D eigenvalue weighted by Gasteiger charge is 2.25. The molecule has 0 aromatic heterocycles. The molecule has 1 unspecified atom stereocenters. The van der Waals surface area contributed by atoms with Gasteiger partial charge in [0.1, 0.15) is 5.82 Å². The number of ether oxygens (including phenoxy) is 1. The third-order valence-electron chi connectivity index (χ3n) is 2.15. The fourth-order valence-corrected chi connectivity index (χ4v) is 1.52. The number of nitrogens with one attached hydrogen (secondary N) is 2. The molecule has 1 rings (SSSR count). The van der Waals surface area contributed by atoms with Crippen molar-refractivity contribution in [3.8, 4) is 6.07 Å². The Morgan fingerprint density at radius 1 is 1.67 bits per heavy atom. The van der Waals surface area contributed by atoms with Crippen molar-refractivity contribution >= 4 is 5.97 Å². The Labute approximate surface area is 88.4 Å². The summed E-state index contributed by atoms with van der Waals surface area (Å²) < 4.78 is 4.66. The van der Waals surface area contributed by atoms with E-state index >= 15 is 0 Å². The van der Waals surface area contributed by atoms with Crippen molar-refractivity contribution in [3.63, 3.8) is 0 Å². The Hall–Kier alpha value is -1.96. The van der Waals surface area contributed by atoms with Crippen LogP contribution in [0.5, 0.6) is 0 Å². The highest BCUT2D eigenvalue weighted by molar-refractivity contribution is 5.90. The van der Waals surface area contributed by atoms with Crippen LogP contribution in [0.2, 0.25) is 0 Å². The third-order valence-corrected chi connectivity index (χ3v) is 2.15. The first-order chi connectivity index (χ1) is 7.10. The SMILES string of the molecule is COC(=O)C1=C(C)N/C(=C/C#N)NC1C. The molecule has 1 atom stereocenters. The Morgan fingerprint density at radius 3 is 2.80 bits per heavy atom. The van der Waals surface area contributed by atoms with Crippen LogP contribution in [0.3, 0.4) is 0 Å². The predicted octanol–water partition coefficient (Wildman–Crippen LogP) is 0.380. The zero-order valence-electron chi connectivity index (χ0n) is 8.92. The summed E-state index contributed by atoms with van der Waals surface area (Å²) in [5, 5.41) is 14.4. The lowest BCUT2D eigenvalue weighted by Gasteiger charge is -2.27. The lowest BCUT2D eigenvalue weighted by atomic mass is 10.0. The molecule has 1 aliphatic heterocycles. The minimum absolute atomic E-state index is 0.168. The van der Waals surface area contributed by atoms with E-state index in [1.54, 1.807) is 6.92 Å². The second-order valence-electron chi connectivity index (χ2n) is 3.21. The molecule has 1 aliphatic rings. The molecule has 0 spiro atoms. The van der Waals surface area contributed by atoms with Gasteiger partial charge >= 0.3 is 5.97 Å². The maximum absolute atomic E-state index is 11.4. The van der Waals surface area contributed by atoms with E-state index in [1.165, 1.54) is 13.2 Å². The van der Waals surface area contributed by atoms with E-state index < -0.39 is 0 Å². The number of nitrogens with zero attached hydrogens (tertiary/aromatic N) is 1. The summed E-state index contributed by atoms with van der Waals surface area (Å²) in [5.74, 6) is 0.228. The first-order valence-corrected chi connectivity index (χ1v) is 4.52. The van der Waals surface area contributed by atoms with Gasteiger partial charge in [0.2, 0.25) is 0 Å². The van der Waals surface area contributed by atoms with Crippen molar-refractivity contribution < 1.29 is 9.53 Å². The minimum Gasteiger partial charge on any atom is -0.466 e. The van der Waals surface area contributed by atoms with Crippen LogP contribution >= 0.6 is 0 Å². The van der Waals surface area contributed by atoms with Crippen LogP contribution in [0.15, 0.2) is 23.2 Å². The third kappa shape index (κ3) is 2.29. The van der Waals surface area contributed by atoms with Gasteiger partial charge in [-0.2, -0.15) is 5.26 Å². The lowest BCUT2D eigenvalue weighted by molar-refractivity contribution is -0.136. The van der Waals surface area contributed by atoms with Crippen LogP contribution < -0.4 is 10.6 Å². The summed E-state index contributed by atoms with van der Waals surface area (Å²) in [6.07, 6.45) is 1.36. The zero-order valence-corrected chi connectivity index (χ0v) is 8.92. The molecule has 15 heavy (non-hydrogen) atoms. The second kappa shape index (κ2) is 4.51. The lowest BCUT2D eigenvalue weighted by Crippen LogP contribution is -2.42. The van der Waals surface area contributed by atoms with Gasteiger partial charge in [0.05, 0.1) is 30.9 Å². The molecule has 0 aliphatic carbocycles. The number of carbonyl (C=O) groups is 1. The van der Waals surface area contributed by atoms with E-state index in [2.05, 4.69) is 15.4 Å². The van der Waals surface area contributed by atoms with Gasteiger partial charge in [-0.05, 0) is 13.8 Å². The van der Waals surface area contributed by atoms with Crippen molar-refractivity contribution in [1.29, 1.82) is 5.26 Å². The average Bonchev–Trinajstić information content (AvgIpc) is 2.16. The molecule has 0 aromatic carbocycles. The van der Waals surface area contributed by atoms with Gasteiger partial charge in [-0.1, -0.05) is 0 Å². The summed E-state index contributed by atoms with van der Waals surface area (Å²) in [4.78, 5) is 11.4. The number of methoxy groups -OCH3 is 1. The van der Waals surface area contributed by atoms with E-state index in [-0.39, 0.29) is 12.0 Å². The molecule has 0 amide bonds. The summed E-state index contributed by atoms with van der Waals surface area (Å²) in [5.41, 5.74) is 1.25. The molecule has 0 bridgehead atoms. The van der Waals surface area contributed by atoms with Crippen LogP contribution in [-0.4, -0.2) is 19.1 Å². The van der Waals surface area contributed by atoms with Gasteiger partial charge in [0.15, 0.2) is 0 Å². The smallest absolute Gasteiger partial charge is 0.337 e. The first kappa shape index (κ1) is 11.1. The fraction of sp³-hybridized carbons (Fsp3) is 0.400. The Morgan fingerprint density at radius 2 is 2.33 bits per heavy atom. The van der Waals surface area contributed by atoms with Crippen molar-refractivity contribution in [1.82, 2.24) is 10.6 Å². The Kier molecular flexibility index (Phi) is 3.34. The zero-order chi connectivity index (χ0) is 11.4. The molecule has 0 aromatic rings. The highest BCUT2D eigenvalue weighted by Crippen LogP contribution is 2.15. The molecule has 5 nitrogen and oxygen atoms in total. The number of rotatable bonds is 1. The number of hydrogen-bond donors (Lipinski definition) is 2. The standard InChI is InChI=1S/C10H13N3O2/c1-6-9(10(14)15-3)7(2)13-8(12-6)4-5-11/h4,6,12-13H,1-3H3/b8-4+. The van der Waals surface area contributed by atoms with Crippen molar-refractivity contribution in [2.75, 3.05) is 7.11 Å². The second-order valence-corrected chi connectivity index (χ2v) is 3.21. The maximum Gasteiger partial charge on any atom is 0.337 e. The molecule has 80 valence electrons. The summed E-state index contributed by atoms with van der Waals surface area (Å²) >= 11 is 0. The van der Waals surface area contributed by atoms with Crippen LogP contribution in [0.25, 0.3) is 0 Å². The van der Waals surface area contributed by atoms with E-state index in [0.29, 0.717) is 17.1 Å². The summed E-state index contributed by atoms with van der Waals surface area (Å²) in [6, 6.07) is 1.74. The normalized spacial score (nSPS) is 22.8. The number of carbonyl (C=O) groups excluding carboxylic acids is 1. The van der Waals surface area contributed by atoms with Crippen molar-refractivity contribution in [2.45, 2.75) is 19.9 Å².